The van der Waals surface area contributed by atoms with Gasteiger partial charge in [-0.3, -0.25) is 0 Å². The molecule has 0 bridgehead atoms. The second-order valence-corrected chi connectivity index (χ2v) is 7.31. The number of ether oxygens (including phenoxy) is 2. The molecule has 1 aliphatic heterocycles. The SMILES string of the molecule is NC(=O)c1c[se]c([C@@H]2O[C@H](CO)[C@@H](O)[C@H]2OC(=O)c2ccccc2)n1. The van der Waals surface area contributed by atoms with E-state index in [1.165, 1.54) is 0 Å². The first kappa shape index (κ1) is 17.8. The summed E-state index contributed by atoms with van der Waals surface area (Å²) < 4.78 is 11.5. The normalized spacial score (nSPS) is 25.7. The first-order valence-electron chi connectivity index (χ1n) is 7.47. The van der Waals surface area contributed by atoms with E-state index in [0.29, 0.717) is 10.1 Å². The predicted molar refractivity (Wildman–Crippen MR) is 86.0 cm³/mol. The Bertz CT molecular complexity index is 765. The van der Waals surface area contributed by atoms with Gasteiger partial charge in [-0.25, -0.2) is 0 Å². The summed E-state index contributed by atoms with van der Waals surface area (Å²) in [5, 5.41) is 19.7. The Hall–Kier alpha value is -2.03. The van der Waals surface area contributed by atoms with Crippen molar-refractivity contribution in [3.05, 3.63) is 51.1 Å². The third-order valence-electron chi connectivity index (χ3n) is 3.79. The molecule has 1 aromatic heterocycles. The number of aliphatic hydroxyl groups excluding tert-OH is 2. The van der Waals surface area contributed by atoms with Crippen LogP contribution in [0.15, 0.2) is 35.3 Å². The van der Waals surface area contributed by atoms with Crippen LogP contribution in [0.5, 0.6) is 0 Å². The Labute approximate surface area is 148 Å². The van der Waals surface area contributed by atoms with Gasteiger partial charge in [0.25, 0.3) is 0 Å². The van der Waals surface area contributed by atoms with Gasteiger partial charge in [0.15, 0.2) is 0 Å². The second-order valence-electron chi connectivity index (χ2n) is 5.44. The number of nitrogens with zero attached hydrogens (tertiary/aromatic N) is 1. The van der Waals surface area contributed by atoms with Crippen molar-refractivity contribution in [1.29, 1.82) is 0 Å². The Morgan fingerprint density at radius 1 is 1.32 bits per heavy atom. The summed E-state index contributed by atoms with van der Waals surface area (Å²) in [6.45, 7) is -0.437. The number of hydrogen-bond donors (Lipinski definition) is 3. The number of aliphatic hydroxyl groups is 2. The van der Waals surface area contributed by atoms with Gasteiger partial charge in [0.1, 0.15) is 0 Å². The Balaban J connectivity index is 1.84. The molecule has 4 atom stereocenters. The van der Waals surface area contributed by atoms with E-state index in [1.807, 2.05) is 0 Å². The first-order valence-corrected chi connectivity index (χ1v) is 9.31. The van der Waals surface area contributed by atoms with E-state index in [1.54, 1.807) is 35.3 Å². The van der Waals surface area contributed by atoms with E-state index >= 15 is 0 Å². The van der Waals surface area contributed by atoms with E-state index in [2.05, 4.69) is 4.98 Å². The molecular formula is C16H16N2O6Se. The number of aromatic nitrogens is 1. The molecule has 0 radical (unpaired) electrons. The van der Waals surface area contributed by atoms with Crippen LogP contribution in [0.3, 0.4) is 0 Å². The van der Waals surface area contributed by atoms with Crippen LogP contribution in [0.2, 0.25) is 0 Å². The molecular weight excluding hydrogens is 395 g/mol. The standard InChI is InChI=1S/C16H16N2O6Se/c17-14(21)9-7-25-15(18-9)13-12(11(20)10(6-19)23-13)24-16(22)8-4-2-1-3-5-8/h1-5,7,10-13,19-20H,6H2,(H2,17,21)/t10-,11-,12-,13-/m1/s1. The molecule has 3 rings (SSSR count). The molecule has 0 unspecified atom stereocenters. The van der Waals surface area contributed by atoms with Crippen molar-refractivity contribution in [3.63, 3.8) is 0 Å². The Kier molecular flexibility index (Phi) is 5.31. The van der Waals surface area contributed by atoms with Gasteiger partial charge in [-0.15, -0.1) is 0 Å². The van der Waals surface area contributed by atoms with Gasteiger partial charge in [0, 0.05) is 0 Å². The average Bonchev–Trinajstić information content (AvgIpc) is 3.21. The number of carbonyl (C=O) groups excluding carboxylic acids is 2. The molecule has 1 amide bonds. The average molecular weight is 411 g/mol. The zero-order chi connectivity index (χ0) is 18.0. The number of carbonyl (C=O) groups is 2. The first-order chi connectivity index (χ1) is 12.0. The maximum absolute atomic E-state index is 12.3. The van der Waals surface area contributed by atoms with Crippen molar-refractivity contribution in [3.8, 4) is 0 Å². The fourth-order valence-electron chi connectivity index (χ4n) is 2.52. The molecule has 0 spiro atoms. The van der Waals surface area contributed by atoms with E-state index in [9.17, 15) is 19.8 Å². The molecule has 1 saturated heterocycles. The van der Waals surface area contributed by atoms with E-state index in [0.717, 1.165) is 0 Å². The van der Waals surface area contributed by atoms with E-state index in [4.69, 9.17) is 15.2 Å². The molecule has 1 fully saturated rings. The van der Waals surface area contributed by atoms with Gasteiger partial charge in [0.2, 0.25) is 0 Å². The summed E-state index contributed by atoms with van der Waals surface area (Å²) in [5.41, 5.74) is 5.66. The third kappa shape index (κ3) is 3.65. The number of primary amides is 1. The molecule has 1 aliphatic rings. The van der Waals surface area contributed by atoms with Crippen molar-refractivity contribution in [2.75, 3.05) is 6.61 Å². The number of benzene rings is 1. The van der Waals surface area contributed by atoms with Gasteiger partial charge in [-0.2, -0.15) is 0 Å². The quantitative estimate of drug-likeness (QED) is 0.436. The van der Waals surface area contributed by atoms with Gasteiger partial charge < -0.3 is 0 Å². The van der Waals surface area contributed by atoms with Gasteiger partial charge >= 0.3 is 148 Å². The number of nitrogens with two attached hydrogens (primary N) is 1. The number of esters is 1. The number of amides is 1. The summed E-state index contributed by atoms with van der Waals surface area (Å²) in [5.74, 6) is -1.28. The van der Waals surface area contributed by atoms with Crippen molar-refractivity contribution in [2.24, 2.45) is 5.73 Å². The van der Waals surface area contributed by atoms with Crippen molar-refractivity contribution < 1.29 is 29.3 Å². The zero-order valence-electron chi connectivity index (χ0n) is 12.9. The summed E-state index contributed by atoms with van der Waals surface area (Å²) in [4.78, 5) is 29.3. The van der Waals surface area contributed by atoms with Crippen LogP contribution in [0, 0.1) is 0 Å². The van der Waals surface area contributed by atoms with E-state index in [-0.39, 0.29) is 20.2 Å². The molecule has 2 heterocycles. The molecule has 0 saturated carbocycles. The van der Waals surface area contributed by atoms with Gasteiger partial charge in [-0.1, -0.05) is 0 Å². The predicted octanol–water partition coefficient (Wildman–Crippen LogP) is -0.744. The minimum absolute atomic E-state index is 0.119. The van der Waals surface area contributed by atoms with Gasteiger partial charge in [0.05, 0.1) is 0 Å². The fraction of sp³-hybridized carbons (Fsp3) is 0.312. The molecule has 132 valence electrons. The van der Waals surface area contributed by atoms with E-state index < -0.39 is 42.9 Å². The summed E-state index contributed by atoms with van der Waals surface area (Å²) in [7, 11) is 0. The van der Waals surface area contributed by atoms with Crippen LogP contribution >= 0.6 is 0 Å². The molecule has 0 aliphatic carbocycles. The summed E-state index contributed by atoms with van der Waals surface area (Å²) >= 11 is -0.323. The minimum atomic E-state index is -1.21. The molecule has 8 nitrogen and oxygen atoms in total. The molecule has 25 heavy (non-hydrogen) atoms. The monoisotopic (exact) mass is 412 g/mol. The second kappa shape index (κ2) is 7.47. The summed E-state index contributed by atoms with van der Waals surface area (Å²) in [6.07, 6.45) is -3.99. The zero-order valence-corrected chi connectivity index (χ0v) is 14.7. The maximum atomic E-state index is 12.3. The molecule has 2 aromatic rings. The van der Waals surface area contributed by atoms with Crippen LogP contribution in [0.25, 0.3) is 0 Å². The molecule has 9 heteroatoms. The van der Waals surface area contributed by atoms with Crippen molar-refractivity contribution in [1.82, 2.24) is 4.98 Å². The van der Waals surface area contributed by atoms with Gasteiger partial charge in [-0.05, 0) is 0 Å². The summed E-state index contributed by atoms with van der Waals surface area (Å²) in [6, 6.07) is 8.33. The van der Waals surface area contributed by atoms with Crippen molar-refractivity contribution in [2.45, 2.75) is 24.4 Å². The molecule has 1 aromatic carbocycles. The van der Waals surface area contributed by atoms with Crippen LogP contribution in [0.4, 0.5) is 0 Å². The number of hydrogen-bond acceptors (Lipinski definition) is 7. The fourth-order valence-corrected chi connectivity index (χ4v) is 4.35. The van der Waals surface area contributed by atoms with Crippen LogP contribution in [0.1, 0.15) is 31.5 Å². The van der Waals surface area contributed by atoms with Crippen LogP contribution in [-0.4, -0.2) is 66.5 Å². The van der Waals surface area contributed by atoms with Crippen LogP contribution < -0.4 is 5.73 Å². The van der Waals surface area contributed by atoms with Crippen LogP contribution in [-0.2, 0) is 9.47 Å². The van der Waals surface area contributed by atoms with Crippen molar-refractivity contribution >= 4 is 26.4 Å². The topological polar surface area (TPSA) is 132 Å². The Morgan fingerprint density at radius 3 is 2.64 bits per heavy atom. The Morgan fingerprint density at radius 2 is 2.04 bits per heavy atom. The number of rotatable bonds is 5. The molecule has 4 N–H and O–H groups in total. The third-order valence-corrected chi connectivity index (χ3v) is 5.69.